The summed E-state index contributed by atoms with van der Waals surface area (Å²) in [7, 11) is 1.42. The fourth-order valence-electron chi connectivity index (χ4n) is 1.14. The Bertz CT molecular complexity index is 365. The van der Waals surface area contributed by atoms with E-state index in [1.54, 1.807) is 12.1 Å². The van der Waals surface area contributed by atoms with Crippen LogP contribution in [0.3, 0.4) is 0 Å². The van der Waals surface area contributed by atoms with E-state index in [4.69, 9.17) is 21.4 Å². The molecular weight excluding hydrogens is 271 g/mol. The molecule has 0 radical (unpaired) electrons. The molecule has 0 aliphatic carbocycles. The second-order valence-corrected chi connectivity index (χ2v) is 3.52. The van der Waals surface area contributed by atoms with Crippen LogP contribution in [0.15, 0.2) is 12.1 Å². The lowest BCUT2D eigenvalue weighted by Gasteiger charge is -2.10. The number of carboxylic acids is 1. The molecule has 0 aromatic heterocycles. The Morgan fingerprint density at radius 3 is 2.71 bits per heavy atom. The lowest BCUT2D eigenvalue weighted by atomic mass is 10.1. The van der Waals surface area contributed by atoms with Gasteiger partial charge >= 0.3 is 5.97 Å². The maximum absolute atomic E-state index is 10.9. The fraction of sp³-hybridized carbons (Fsp3) is 0.222. The van der Waals surface area contributed by atoms with E-state index in [0.717, 1.165) is 5.56 Å². The summed E-state index contributed by atoms with van der Waals surface area (Å²) in [5.74, 6) is -0.781. The molecule has 0 fully saturated rings. The van der Waals surface area contributed by atoms with Crippen LogP contribution < -0.4 is 4.74 Å². The van der Waals surface area contributed by atoms with Crippen molar-refractivity contribution in [2.24, 2.45) is 0 Å². The minimum Gasteiger partial charge on any atom is -0.495 e. The van der Waals surface area contributed by atoms with Gasteiger partial charge in [-0.05, 0) is 6.07 Å². The number of methoxy groups -OCH3 is 1. The van der Waals surface area contributed by atoms with Crippen molar-refractivity contribution < 1.29 is 14.6 Å². The Morgan fingerprint density at radius 1 is 1.64 bits per heavy atom. The van der Waals surface area contributed by atoms with E-state index < -0.39 is 5.97 Å². The molecule has 0 unspecified atom stereocenters. The van der Waals surface area contributed by atoms with Gasteiger partial charge in [0, 0.05) is 10.9 Å². The number of halogens is 2. The van der Waals surface area contributed by atoms with Crippen LogP contribution in [0.1, 0.15) is 15.9 Å². The van der Waals surface area contributed by atoms with E-state index in [0.29, 0.717) is 11.1 Å². The molecule has 3 nitrogen and oxygen atoms in total. The predicted octanol–water partition coefficient (Wildman–Crippen LogP) is 2.94. The summed E-state index contributed by atoms with van der Waals surface area (Å²) in [4.78, 5) is 10.9. The SMILES string of the molecule is COc1c(CBr)ccc(Cl)c1C(=O)O. The second-order valence-electron chi connectivity index (χ2n) is 2.55. The van der Waals surface area contributed by atoms with Crippen molar-refractivity contribution in [3.05, 3.63) is 28.3 Å². The first-order valence-corrected chi connectivity index (χ1v) is 5.26. The molecule has 0 atom stereocenters. The normalized spacial score (nSPS) is 9.93. The van der Waals surface area contributed by atoms with Crippen LogP contribution in [0.2, 0.25) is 5.02 Å². The van der Waals surface area contributed by atoms with Crippen molar-refractivity contribution in [2.75, 3.05) is 7.11 Å². The van der Waals surface area contributed by atoms with Gasteiger partial charge in [0.05, 0.1) is 12.1 Å². The number of benzene rings is 1. The Labute approximate surface area is 94.8 Å². The average Bonchev–Trinajstić information content (AvgIpc) is 2.16. The third kappa shape index (κ3) is 2.01. The molecule has 0 amide bonds. The number of hydrogen-bond acceptors (Lipinski definition) is 2. The van der Waals surface area contributed by atoms with Crippen LogP contribution in [0.5, 0.6) is 5.75 Å². The van der Waals surface area contributed by atoms with Crippen LogP contribution in [0, 0.1) is 0 Å². The molecule has 0 heterocycles. The van der Waals surface area contributed by atoms with Gasteiger partial charge in [-0.2, -0.15) is 0 Å². The van der Waals surface area contributed by atoms with Gasteiger partial charge in [-0.25, -0.2) is 4.79 Å². The van der Waals surface area contributed by atoms with Crippen LogP contribution in [0.4, 0.5) is 0 Å². The smallest absolute Gasteiger partial charge is 0.341 e. The minimum atomic E-state index is -1.09. The van der Waals surface area contributed by atoms with E-state index in [2.05, 4.69) is 15.9 Å². The van der Waals surface area contributed by atoms with Gasteiger partial charge in [0.1, 0.15) is 11.3 Å². The first-order valence-electron chi connectivity index (χ1n) is 3.76. The zero-order chi connectivity index (χ0) is 10.7. The molecule has 0 bridgehead atoms. The van der Waals surface area contributed by atoms with E-state index in [-0.39, 0.29) is 10.6 Å². The molecule has 0 spiro atoms. The highest BCUT2D eigenvalue weighted by Gasteiger charge is 2.18. The first kappa shape index (κ1) is 11.3. The molecule has 1 rings (SSSR count). The summed E-state index contributed by atoms with van der Waals surface area (Å²) in [5.41, 5.74) is 0.764. The van der Waals surface area contributed by atoms with Gasteiger partial charge in [0.15, 0.2) is 0 Å². The van der Waals surface area contributed by atoms with Crippen LogP contribution in [0.25, 0.3) is 0 Å². The maximum atomic E-state index is 10.9. The van der Waals surface area contributed by atoms with Crippen LogP contribution in [-0.2, 0) is 5.33 Å². The molecular formula is C9H8BrClO3. The highest BCUT2D eigenvalue weighted by Crippen LogP contribution is 2.31. The van der Waals surface area contributed by atoms with E-state index in [1.165, 1.54) is 7.11 Å². The number of hydrogen-bond donors (Lipinski definition) is 1. The summed E-state index contributed by atoms with van der Waals surface area (Å²) in [5, 5.41) is 9.62. The van der Waals surface area contributed by atoms with E-state index >= 15 is 0 Å². The van der Waals surface area contributed by atoms with Gasteiger partial charge in [-0.1, -0.05) is 33.6 Å². The lowest BCUT2D eigenvalue weighted by Crippen LogP contribution is -2.03. The summed E-state index contributed by atoms with van der Waals surface area (Å²) < 4.78 is 5.01. The first-order chi connectivity index (χ1) is 6.61. The third-order valence-corrected chi connectivity index (χ3v) is 2.67. The summed E-state index contributed by atoms with van der Waals surface area (Å²) in [6.45, 7) is 0. The number of carbonyl (C=O) groups is 1. The lowest BCUT2D eigenvalue weighted by molar-refractivity contribution is 0.0693. The molecule has 76 valence electrons. The molecule has 0 aliphatic rings. The maximum Gasteiger partial charge on any atom is 0.341 e. The molecule has 1 aromatic rings. The van der Waals surface area contributed by atoms with Crippen LogP contribution in [-0.4, -0.2) is 18.2 Å². The molecule has 1 aromatic carbocycles. The van der Waals surface area contributed by atoms with Gasteiger partial charge in [0.25, 0.3) is 0 Å². The fourth-order valence-corrected chi connectivity index (χ4v) is 1.81. The molecule has 0 saturated heterocycles. The number of ether oxygens (including phenoxy) is 1. The Morgan fingerprint density at radius 2 is 2.29 bits per heavy atom. The zero-order valence-electron chi connectivity index (χ0n) is 7.38. The molecule has 14 heavy (non-hydrogen) atoms. The molecule has 0 saturated carbocycles. The second kappa shape index (κ2) is 4.66. The number of carboxylic acid groups (broad SMARTS) is 1. The van der Waals surface area contributed by atoms with Crippen molar-refractivity contribution in [2.45, 2.75) is 5.33 Å². The highest BCUT2D eigenvalue weighted by atomic mass is 79.9. The van der Waals surface area contributed by atoms with Gasteiger partial charge in [-0.3, -0.25) is 0 Å². The molecule has 1 N–H and O–H groups in total. The topological polar surface area (TPSA) is 46.5 Å². The summed E-state index contributed by atoms with van der Waals surface area (Å²) >= 11 is 9.00. The quantitative estimate of drug-likeness (QED) is 0.865. The van der Waals surface area contributed by atoms with E-state index in [9.17, 15) is 4.79 Å². The summed E-state index contributed by atoms with van der Waals surface area (Å²) in [6.07, 6.45) is 0. The van der Waals surface area contributed by atoms with Crippen molar-refractivity contribution in [3.8, 4) is 5.75 Å². The van der Waals surface area contributed by atoms with Crippen molar-refractivity contribution in [1.29, 1.82) is 0 Å². The third-order valence-electron chi connectivity index (χ3n) is 1.75. The van der Waals surface area contributed by atoms with E-state index in [1.807, 2.05) is 0 Å². The Balaban J connectivity index is 3.42. The zero-order valence-corrected chi connectivity index (χ0v) is 9.72. The highest BCUT2D eigenvalue weighted by molar-refractivity contribution is 9.08. The number of aromatic carboxylic acids is 1. The van der Waals surface area contributed by atoms with Gasteiger partial charge in [-0.15, -0.1) is 0 Å². The van der Waals surface area contributed by atoms with Crippen LogP contribution >= 0.6 is 27.5 Å². The van der Waals surface area contributed by atoms with Crippen molar-refractivity contribution in [3.63, 3.8) is 0 Å². The Kier molecular flexibility index (Phi) is 3.77. The predicted molar refractivity (Wildman–Crippen MR) is 57.6 cm³/mol. The minimum absolute atomic E-state index is 0.00566. The molecule has 5 heteroatoms. The monoisotopic (exact) mass is 278 g/mol. The van der Waals surface area contributed by atoms with Crippen molar-refractivity contribution in [1.82, 2.24) is 0 Å². The standard InChI is InChI=1S/C9H8BrClO3/c1-14-8-5(4-10)2-3-6(11)7(8)9(12)13/h2-3H,4H2,1H3,(H,12,13). The number of alkyl halides is 1. The van der Waals surface area contributed by atoms with Gasteiger partial charge < -0.3 is 9.84 Å². The summed E-state index contributed by atoms with van der Waals surface area (Å²) in [6, 6.07) is 3.27. The number of rotatable bonds is 3. The van der Waals surface area contributed by atoms with Gasteiger partial charge in [0.2, 0.25) is 0 Å². The van der Waals surface area contributed by atoms with Crippen molar-refractivity contribution >= 4 is 33.5 Å². The largest absolute Gasteiger partial charge is 0.495 e. The molecule has 0 aliphatic heterocycles. The average molecular weight is 280 g/mol. The Hall–Kier alpha value is -0.740.